The largest absolute Gasteiger partial charge is 0.356 e. The van der Waals surface area contributed by atoms with Crippen molar-refractivity contribution in [2.45, 2.75) is 71.3 Å². The summed E-state index contributed by atoms with van der Waals surface area (Å²) in [5.74, 6) is 0.921. The molecule has 0 unspecified atom stereocenters. The van der Waals surface area contributed by atoms with E-state index in [1.54, 1.807) is 11.3 Å². The number of nitrogens with one attached hydrogen (secondary N) is 2. The van der Waals surface area contributed by atoms with E-state index in [4.69, 9.17) is 4.98 Å². The van der Waals surface area contributed by atoms with Crippen LogP contribution in [-0.2, 0) is 11.8 Å². The average molecular weight is 508 g/mol. The maximum absolute atomic E-state index is 4.77. The normalized spacial score (nSPS) is 16.9. The van der Waals surface area contributed by atoms with Crippen LogP contribution in [0.5, 0.6) is 0 Å². The van der Waals surface area contributed by atoms with Crippen LogP contribution in [-0.4, -0.2) is 55.1 Å². The van der Waals surface area contributed by atoms with Gasteiger partial charge in [-0.15, -0.1) is 35.3 Å². The number of aromatic nitrogens is 1. The van der Waals surface area contributed by atoms with Gasteiger partial charge in [0.2, 0.25) is 0 Å². The van der Waals surface area contributed by atoms with Crippen molar-refractivity contribution < 1.29 is 0 Å². The van der Waals surface area contributed by atoms with Crippen LogP contribution in [0, 0.1) is 0 Å². The standard InChI is InChI=1S/C20H37N5S.HI/c1-6-7-12-25-13-9-16(10-14-25)23-19(21-5)22-11-8-18-24-17(15-26-18)20(2,3)4;/h15-16H,6-14H2,1-5H3,(H2,21,22,23);1H. The minimum absolute atomic E-state index is 0. The third-order valence-corrected chi connectivity index (χ3v) is 5.84. The monoisotopic (exact) mass is 507 g/mol. The molecule has 1 saturated heterocycles. The summed E-state index contributed by atoms with van der Waals surface area (Å²) >= 11 is 1.76. The summed E-state index contributed by atoms with van der Waals surface area (Å²) in [5, 5.41) is 10.4. The SMILES string of the molecule is CCCCN1CCC(NC(=NC)NCCc2nc(C(C)(C)C)cs2)CC1.I. The number of rotatable bonds is 7. The minimum Gasteiger partial charge on any atom is -0.356 e. The molecule has 1 aromatic rings. The molecule has 0 bridgehead atoms. The number of likely N-dealkylation sites (tertiary alicyclic amines) is 1. The number of guanidine groups is 1. The fraction of sp³-hybridized carbons (Fsp3) is 0.800. The Morgan fingerprint density at radius 3 is 2.59 bits per heavy atom. The summed E-state index contributed by atoms with van der Waals surface area (Å²) in [6.45, 7) is 13.4. The molecule has 1 aliphatic rings. The van der Waals surface area contributed by atoms with E-state index >= 15 is 0 Å². The quantitative estimate of drug-likeness (QED) is 0.333. The van der Waals surface area contributed by atoms with E-state index in [2.05, 4.69) is 53.6 Å². The number of nitrogens with zero attached hydrogens (tertiary/aromatic N) is 3. The molecule has 0 atom stereocenters. The zero-order chi connectivity index (χ0) is 19.0. The number of thiazole rings is 1. The highest BCUT2D eigenvalue weighted by Crippen LogP contribution is 2.23. The van der Waals surface area contributed by atoms with Crippen LogP contribution < -0.4 is 10.6 Å². The molecular formula is C20H38IN5S. The Balaban J connectivity index is 0.00000364. The van der Waals surface area contributed by atoms with E-state index < -0.39 is 0 Å². The summed E-state index contributed by atoms with van der Waals surface area (Å²) in [7, 11) is 1.85. The molecule has 0 spiro atoms. The minimum atomic E-state index is 0. The Kier molecular flexibility index (Phi) is 11.1. The van der Waals surface area contributed by atoms with Crippen molar-refractivity contribution in [2.75, 3.05) is 33.2 Å². The van der Waals surface area contributed by atoms with Crippen LogP contribution in [0.1, 0.15) is 64.1 Å². The first-order chi connectivity index (χ1) is 12.4. The van der Waals surface area contributed by atoms with Crippen molar-refractivity contribution in [3.63, 3.8) is 0 Å². The van der Waals surface area contributed by atoms with Gasteiger partial charge in [-0.05, 0) is 25.8 Å². The molecule has 1 fully saturated rings. The molecule has 5 nitrogen and oxygen atoms in total. The Labute approximate surface area is 186 Å². The third-order valence-electron chi connectivity index (χ3n) is 4.93. The molecule has 0 saturated carbocycles. The summed E-state index contributed by atoms with van der Waals surface area (Å²) in [5.41, 5.74) is 1.32. The van der Waals surface area contributed by atoms with Gasteiger partial charge < -0.3 is 15.5 Å². The Morgan fingerprint density at radius 2 is 2.04 bits per heavy atom. The second-order valence-electron chi connectivity index (χ2n) is 8.24. The van der Waals surface area contributed by atoms with E-state index in [9.17, 15) is 0 Å². The number of halogens is 1. The van der Waals surface area contributed by atoms with Crippen molar-refractivity contribution in [1.82, 2.24) is 20.5 Å². The topological polar surface area (TPSA) is 52.5 Å². The fourth-order valence-corrected chi connectivity index (χ4v) is 4.15. The fourth-order valence-electron chi connectivity index (χ4n) is 3.13. The van der Waals surface area contributed by atoms with Gasteiger partial charge >= 0.3 is 0 Å². The van der Waals surface area contributed by atoms with Crippen molar-refractivity contribution in [3.05, 3.63) is 16.1 Å². The average Bonchev–Trinajstić information content (AvgIpc) is 3.09. The molecule has 0 aromatic carbocycles. The molecule has 1 aromatic heterocycles. The summed E-state index contributed by atoms with van der Waals surface area (Å²) < 4.78 is 0. The van der Waals surface area contributed by atoms with Gasteiger partial charge in [-0.3, -0.25) is 4.99 Å². The van der Waals surface area contributed by atoms with Crippen LogP contribution in [0.15, 0.2) is 10.4 Å². The van der Waals surface area contributed by atoms with Crippen LogP contribution in [0.2, 0.25) is 0 Å². The number of unbranched alkanes of at least 4 members (excludes halogenated alkanes) is 1. The molecule has 2 heterocycles. The number of hydrogen-bond acceptors (Lipinski definition) is 4. The van der Waals surface area contributed by atoms with E-state index in [1.165, 1.54) is 56.0 Å². The predicted octanol–water partition coefficient (Wildman–Crippen LogP) is 4.03. The first kappa shape index (κ1) is 24.6. The van der Waals surface area contributed by atoms with E-state index in [0.717, 1.165) is 18.9 Å². The Hall–Kier alpha value is -0.410. The second kappa shape index (κ2) is 12.2. The van der Waals surface area contributed by atoms with Crippen LogP contribution in [0.4, 0.5) is 0 Å². The molecule has 7 heteroatoms. The van der Waals surface area contributed by atoms with Crippen LogP contribution >= 0.6 is 35.3 Å². The van der Waals surface area contributed by atoms with Gasteiger partial charge in [0.15, 0.2) is 5.96 Å². The molecule has 27 heavy (non-hydrogen) atoms. The van der Waals surface area contributed by atoms with Gasteiger partial charge in [0, 0.05) is 49.9 Å². The highest BCUT2D eigenvalue weighted by molar-refractivity contribution is 14.0. The van der Waals surface area contributed by atoms with Gasteiger partial charge in [0.25, 0.3) is 0 Å². The lowest BCUT2D eigenvalue weighted by Crippen LogP contribution is -2.49. The first-order valence-corrected chi connectivity index (χ1v) is 10.9. The highest BCUT2D eigenvalue weighted by Gasteiger charge is 2.20. The molecule has 0 aliphatic carbocycles. The lowest BCUT2D eigenvalue weighted by atomic mass is 9.93. The zero-order valence-corrected chi connectivity index (χ0v) is 20.8. The molecule has 2 N–H and O–H groups in total. The molecule has 0 radical (unpaired) electrons. The molecule has 2 rings (SSSR count). The highest BCUT2D eigenvalue weighted by atomic mass is 127. The number of piperidine rings is 1. The number of hydrogen-bond donors (Lipinski definition) is 2. The van der Waals surface area contributed by atoms with E-state index in [-0.39, 0.29) is 29.4 Å². The van der Waals surface area contributed by atoms with Gasteiger partial charge in [-0.25, -0.2) is 4.98 Å². The van der Waals surface area contributed by atoms with Crippen LogP contribution in [0.3, 0.4) is 0 Å². The van der Waals surface area contributed by atoms with Crippen molar-refractivity contribution in [2.24, 2.45) is 4.99 Å². The third kappa shape index (κ3) is 8.64. The van der Waals surface area contributed by atoms with Gasteiger partial charge in [-0.2, -0.15) is 0 Å². The summed E-state index contributed by atoms with van der Waals surface area (Å²) in [4.78, 5) is 11.7. The molecular weight excluding hydrogens is 469 g/mol. The lowest BCUT2D eigenvalue weighted by molar-refractivity contribution is 0.203. The molecule has 156 valence electrons. The van der Waals surface area contributed by atoms with E-state index in [0.29, 0.717) is 6.04 Å². The smallest absolute Gasteiger partial charge is 0.191 e. The summed E-state index contributed by atoms with van der Waals surface area (Å²) in [6.07, 6.45) is 5.94. The van der Waals surface area contributed by atoms with Crippen molar-refractivity contribution >= 4 is 41.3 Å². The van der Waals surface area contributed by atoms with Crippen LogP contribution in [0.25, 0.3) is 0 Å². The number of aliphatic imine (C=N–C) groups is 1. The van der Waals surface area contributed by atoms with Gasteiger partial charge in [-0.1, -0.05) is 34.1 Å². The maximum Gasteiger partial charge on any atom is 0.191 e. The predicted molar refractivity (Wildman–Crippen MR) is 129 cm³/mol. The molecule has 0 amide bonds. The Morgan fingerprint density at radius 1 is 1.33 bits per heavy atom. The maximum atomic E-state index is 4.77. The van der Waals surface area contributed by atoms with Gasteiger partial charge in [0.05, 0.1) is 10.7 Å². The zero-order valence-electron chi connectivity index (χ0n) is 17.7. The lowest BCUT2D eigenvalue weighted by Gasteiger charge is -2.33. The Bertz CT molecular complexity index is 559. The second-order valence-corrected chi connectivity index (χ2v) is 9.18. The van der Waals surface area contributed by atoms with Crippen molar-refractivity contribution in [3.8, 4) is 0 Å². The summed E-state index contributed by atoms with van der Waals surface area (Å²) in [6, 6.07) is 0.534. The molecule has 1 aliphatic heterocycles. The first-order valence-electron chi connectivity index (χ1n) is 10.1. The van der Waals surface area contributed by atoms with E-state index in [1.807, 2.05) is 7.05 Å². The van der Waals surface area contributed by atoms with Gasteiger partial charge in [0.1, 0.15) is 0 Å². The van der Waals surface area contributed by atoms with Crippen molar-refractivity contribution in [1.29, 1.82) is 0 Å².